The van der Waals surface area contributed by atoms with Crippen LogP contribution in [0.3, 0.4) is 0 Å². The number of carbonyl (C=O) groups excluding carboxylic acids is 2. The highest BCUT2D eigenvalue weighted by atomic mass is 32.2. The lowest BCUT2D eigenvalue weighted by Gasteiger charge is -2.24. The van der Waals surface area contributed by atoms with Crippen LogP contribution in [0.1, 0.15) is 12.8 Å². The molecule has 1 fully saturated rings. The third kappa shape index (κ3) is 8.90. The number of hydrogen-bond acceptors (Lipinski definition) is 7. The summed E-state index contributed by atoms with van der Waals surface area (Å²) in [5, 5.41) is 26.9. The lowest BCUT2D eigenvalue weighted by Crippen LogP contribution is -2.52. The number of halogens is 3. The van der Waals surface area contributed by atoms with E-state index in [4.69, 9.17) is 25.8 Å². The van der Waals surface area contributed by atoms with Gasteiger partial charge in [-0.25, -0.2) is 9.59 Å². The van der Waals surface area contributed by atoms with Crippen molar-refractivity contribution in [3.05, 3.63) is 0 Å². The van der Waals surface area contributed by atoms with Gasteiger partial charge in [0.25, 0.3) is 0 Å². The van der Waals surface area contributed by atoms with E-state index in [1.807, 2.05) is 0 Å². The zero-order valence-electron chi connectivity index (χ0n) is 14.1. The predicted octanol–water partition coefficient (Wildman–Crippen LogP) is -1.09. The second-order valence-corrected chi connectivity index (χ2v) is 6.22. The maximum atomic E-state index is 12.1. The Morgan fingerprint density at radius 3 is 2.11 bits per heavy atom. The van der Waals surface area contributed by atoms with E-state index in [-0.39, 0.29) is 19.4 Å². The molecule has 160 valence electrons. The summed E-state index contributed by atoms with van der Waals surface area (Å²) in [5.74, 6) is -5.55. The minimum absolute atomic E-state index is 0.221. The Morgan fingerprint density at radius 1 is 1.18 bits per heavy atom. The Labute approximate surface area is 160 Å². The van der Waals surface area contributed by atoms with Crippen molar-refractivity contribution in [2.75, 3.05) is 18.2 Å². The smallest absolute Gasteiger partial charge is 0.481 e. The molecular formula is C13H18F3N3O8S. The first-order valence-electron chi connectivity index (χ1n) is 7.43. The summed E-state index contributed by atoms with van der Waals surface area (Å²) in [6.45, 7) is -0.230. The van der Waals surface area contributed by atoms with E-state index >= 15 is 0 Å². The molecule has 11 nitrogen and oxygen atoms in total. The molecule has 6 N–H and O–H groups in total. The molecule has 1 rings (SSSR count). The first-order chi connectivity index (χ1) is 12.8. The first-order valence-corrected chi connectivity index (χ1v) is 8.59. The van der Waals surface area contributed by atoms with Crippen molar-refractivity contribution < 1.29 is 52.5 Å². The molecule has 2 amide bonds. The lowest BCUT2D eigenvalue weighted by molar-refractivity contribution is -0.192. The number of amides is 2. The number of rotatable bonds is 7. The molecule has 28 heavy (non-hydrogen) atoms. The molecule has 0 aromatic carbocycles. The third-order valence-corrected chi connectivity index (χ3v) is 4.20. The quantitative estimate of drug-likeness (QED) is 0.330. The summed E-state index contributed by atoms with van der Waals surface area (Å²) in [4.78, 5) is 55.3. The molecule has 0 spiro atoms. The molecule has 15 heteroatoms. The number of carboxylic acids is 3. The zero-order valence-corrected chi connectivity index (χ0v) is 15.0. The predicted molar refractivity (Wildman–Crippen MR) is 87.1 cm³/mol. The van der Waals surface area contributed by atoms with E-state index in [1.54, 1.807) is 0 Å². The Kier molecular flexibility index (Phi) is 10.3. The maximum absolute atomic E-state index is 12.1. The Hall–Kier alpha value is -2.55. The number of aliphatic carboxylic acids is 3. The van der Waals surface area contributed by atoms with E-state index < -0.39 is 48.0 Å². The number of nitrogens with zero attached hydrogens (tertiary/aromatic N) is 1. The second kappa shape index (κ2) is 11.3. The van der Waals surface area contributed by atoms with Crippen molar-refractivity contribution in [2.24, 2.45) is 5.73 Å². The number of hydrogen-bond donors (Lipinski definition) is 5. The summed E-state index contributed by atoms with van der Waals surface area (Å²) in [7, 11) is 0. The molecule has 0 radical (unpaired) electrons. The van der Waals surface area contributed by atoms with Crippen LogP contribution in [0.5, 0.6) is 0 Å². The fourth-order valence-electron chi connectivity index (χ4n) is 1.82. The first kappa shape index (κ1) is 25.4. The summed E-state index contributed by atoms with van der Waals surface area (Å²) in [6, 6.07) is -2.08. The van der Waals surface area contributed by atoms with Crippen LogP contribution in [0.15, 0.2) is 0 Å². The molecule has 2 atom stereocenters. The molecule has 1 aliphatic rings. The molecule has 0 bridgehead atoms. The Morgan fingerprint density at radius 2 is 1.71 bits per heavy atom. The highest BCUT2D eigenvalue weighted by Gasteiger charge is 2.38. The fraction of sp³-hybridized carbons (Fsp3) is 0.615. The largest absolute Gasteiger partial charge is 0.490 e. The van der Waals surface area contributed by atoms with Crippen LogP contribution in [0.4, 0.5) is 13.2 Å². The van der Waals surface area contributed by atoms with E-state index in [0.717, 1.165) is 0 Å². The van der Waals surface area contributed by atoms with Crippen LogP contribution in [0, 0.1) is 0 Å². The zero-order chi connectivity index (χ0) is 22.1. The van der Waals surface area contributed by atoms with Gasteiger partial charge < -0.3 is 31.3 Å². The molecule has 1 saturated heterocycles. The Bertz CT molecular complexity index is 616. The van der Waals surface area contributed by atoms with Gasteiger partial charge in [-0.05, 0) is 6.42 Å². The number of nitrogens with two attached hydrogens (primary N) is 1. The molecule has 1 aliphatic heterocycles. The van der Waals surface area contributed by atoms with Crippen LogP contribution >= 0.6 is 11.8 Å². The van der Waals surface area contributed by atoms with Crippen molar-refractivity contribution in [1.29, 1.82) is 0 Å². The Balaban J connectivity index is 0.000000887. The molecule has 0 aromatic rings. The van der Waals surface area contributed by atoms with Crippen molar-refractivity contribution in [2.45, 2.75) is 31.1 Å². The van der Waals surface area contributed by atoms with Crippen molar-refractivity contribution in [3.8, 4) is 0 Å². The monoisotopic (exact) mass is 433 g/mol. The minimum atomic E-state index is -5.08. The van der Waals surface area contributed by atoms with Gasteiger partial charge in [-0.15, -0.1) is 11.8 Å². The van der Waals surface area contributed by atoms with Crippen LogP contribution < -0.4 is 11.1 Å². The molecule has 1 heterocycles. The van der Waals surface area contributed by atoms with Gasteiger partial charge in [0.05, 0.1) is 12.4 Å². The highest BCUT2D eigenvalue weighted by Crippen LogP contribution is 2.21. The molecule has 0 aliphatic carbocycles. The average Bonchev–Trinajstić information content (AvgIpc) is 3.06. The number of alkyl halides is 3. The fourth-order valence-corrected chi connectivity index (χ4v) is 3.00. The second-order valence-electron chi connectivity index (χ2n) is 5.22. The lowest BCUT2D eigenvalue weighted by atomic mass is 10.1. The van der Waals surface area contributed by atoms with Crippen molar-refractivity contribution in [3.63, 3.8) is 0 Å². The SMILES string of the molecule is NCC(=O)N1CSC[C@H]1C(=O)N[C@@H](CCC(=O)O)C(=O)O.O=C(O)C(F)(F)F. The standard InChI is InChI=1S/C11H17N3O6S.C2HF3O2/c12-3-8(15)14-5-21-4-7(14)10(18)13-6(11(19)20)1-2-9(16)17;3-2(4,5)1(6)7/h6-7H,1-5,12H2,(H,13,18)(H,16,17)(H,19,20);(H,6,7)/t6-,7-;/m0./s1. The van der Waals surface area contributed by atoms with E-state index in [9.17, 15) is 32.3 Å². The van der Waals surface area contributed by atoms with Gasteiger partial charge in [-0.3, -0.25) is 14.4 Å². The van der Waals surface area contributed by atoms with Gasteiger partial charge in [0.2, 0.25) is 11.8 Å². The average molecular weight is 433 g/mol. The topological polar surface area (TPSA) is 187 Å². The number of carbonyl (C=O) groups is 5. The van der Waals surface area contributed by atoms with Gasteiger partial charge in [0.1, 0.15) is 12.1 Å². The van der Waals surface area contributed by atoms with Gasteiger partial charge in [0.15, 0.2) is 0 Å². The summed E-state index contributed by atoms with van der Waals surface area (Å²) < 4.78 is 31.7. The van der Waals surface area contributed by atoms with Gasteiger partial charge in [-0.2, -0.15) is 13.2 Å². The van der Waals surface area contributed by atoms with Crippen LogP contribution in [-0.2, 0) is 24.0 Å². The van der Waals surface area contributed by atoms with Gasteiger partial charge >= 0.3 is 24.1 Å². The number of nitrogens with one attached hydrogen (secondary N) is 1. The van der Waals surface area contributed by atoms with E-state index in [0.29, 0.717) is 11.6 Å². The summed E-state index contributed by atoms with van der Waals surface area (Å²) in [5.41, 5.74) is 5.25. The highest BCUT2D eigenvalue weighted by molar-refractivity contribution is 7.99. The van der Waals surface area contributed by atoms with Crippen LogP contribution in [0.25, 0.3) is 0 Å². The van der Waals surface area contributed by atoms with E-state index in [2.05, 4.69) is 5.32 Å². The number of carboxylic acid groups (broad SMARTS) is 3. The van der Waals surface area contributed by atoms with Gasteiger partial charge in [-0.1, -0.05) is 0 Å². The normalized spacial score (nSPS) is 17.1. The van der Waals surface area contributed by atoms with Crippen LogP contribution in [-0.4, -0.2) is 86.4 Å². The minimum Gasteiger partial charge on any atom is -0.481 e. The summed E-state index contributed by atoms with van der Waals surface area (Å²) >= 11 is 1.36. The van der Waals surface area contributed by atoms with Crippen molar-refractivity contribution in [1.82, 2.24) is 10.2 Å². The molecule has 0 unspecified atom stereocenters. The summed E-state index contributed by atoms with van der Waals surface area (Å²) in [6.07, 6.45) is -5.68. The number of thioether (sulfide) groups is 1. The molecular weight excluding hydrogens is 415 g/mol. The van der Waals surface area contributed by atoms with Crippen LogP contribution in [0.2, 0.25) is 0 Å². The maximum Gasteiger partial charge on any atom is 0.490 e. The van der Waals surface area contributed by atoms with Crippen molar-refractivity contribution >= 4 is 41.5 Å². The molecule has 0 aromatic heterocycles. The van der Waals surface area contributed by atoms with E-state index in [1.165, 1.54) is 16.7 Å². The molecule has 0 saturated carbocycles. The van der Waals surface area contributed by atoms with Gasteiger partial charge in [0, 0.05) is 12.2 Å². The third-order valence-electron chi connectivity index (χ3n) is 3.18.